The molecule has 1 heterocycles. The number of nitro groups is 1. The van der Waals surface area contributed by atoms with Crippen LogP contribution >= 0.6 is 0 Å². The van der Waals surface area contributed by atoms with E-state index < -0.39 is 20.6 Å². The number of benzene rings is 1. The molecule has 0 N–H and O–H groups in total. The highest BCUT2D eigenvalue weighted by molar-refractivity contribution is 7.93. The van der Waals surface area contributed by atoms with Gasteiger partial charge in [-0.1, -0.05) is 19.1 Å². The molecule has 0 unspecified atom stereocenters. The van der Waals surface area contributed by atoms with Crippen LogP contribution < -0.4 is 4.31 Å². The van der Waals surface area contributed by atoms with Crippen molar-refractivity contribution in [1.29, 1.82) is 0 Å². The third kappa shape index (κ3) is 2.82. The van der Waals surface area contributed by atoms with Crippen molar-refractivity contribution in [2.45, 2.75) is 18.2 Å². The molecule has 8 heteroatoms. The van der Waals surface area contributed by atoms with Gasteiger partial charge >= 0.3 is 0 Å². The van der Waals surface area contributed by atoms with Gasteiger partial charge in [-0.05, 0) is 24.6 Å². The van der Waals surface area contributed by atoms with Gasteiger partial charge in [0.2, 0.25) is 0 Å². The lowest BCUT2D eigenvalue weighted by Gasteiger charge is -2.24. The number of hydrogen-bond acceptors (Lipinski definition) is 4. The Morgan fingerprint density at radius 3 is 2.45 bits per heavy atom. The molecule has 0 fully saturated rings. The van der Waals surface area contributed by atoms with Crippen molar-refractivity contribution < 1.29 is 13.3 Å². The highest BCUT2D eigenvalue weighted by Gasteiger charge is 2.32. The Labute approximate surface area is 129 Å². The van der Waals surface area contributed by atoms with Crippen molar-refractivity contribution in [3.05, 3.63) is 52.7 Å². The number of rotatable bonds is 6. The summed E-state index contributed by atoms with van der Waals surface area (Å²) in [6.45, 7) is 2.09. The molecule has 7 nitrogen and oxygen atoms in total. The number of sulfonamides is 1. The van der Waals surface area contributed by atoms with E-state index in [-0.39, 0.29) is 11.4 Å². The lowest BCUT2D eigenvalue weighted by molar-refractivity contribution is -0.387. The first-order valence-corrected chi connectivity index (χ1v) is 8.21. The van der Waals surface area contributed by atoms with E-state index in [1.165, 1.54) is 28.6 Å². The molecule has 0 atom stereocenters. The summed E-state index contributed by atoms with van der Waals surface area (Å²) in [5.41, 5.74) is -0.419. The van der Waals surface area contributed by atoms with Crippen molar-refractivity contribution in [1.82, 2.24) is 4.57 Å². The van der Waals surface area contributed by atoms with Gasteiger partial charge in [-0.25, -0.2) is 8.42 Å². The third-order valence-corrected chi connectivity index (χ3v) is 5.08. The number of anilines is 1. The molecule has 118 valence electrons. The van der Waals surface area contributed by atoms with E-state index in [0.29, 0.717) is 12.2 Å². The van der Waals surface area contributed by atoms with E-state index >= 15 is 0 Å². The first-order chi connectivity index (χ1) is 10.4. The minimum Gasteiger partial charge on any atom is -0.337 e. The topological polar surface area (TPSA) is 85.5 Å². The van der Waals surface area contributed by atoms with Crippen LogP contribution in [0.25, 0.3) is 0 Å². The molecule has 2 rings (SSSR count). The average Bonchev–Trinajstić information content (AvgIpc) is 2.90. The Balaban J connectivity index is 2.61. The molecular formula is C14H17N3O4S. The lowest BCUT2D eigenvalue weighted by atomic mass is 10.3. The van der Waals surface area contributed by atoms with Crippen LogP contribution in [-0.4, -0.2) is 24.5 Å². The first kappa shape index (κ1) is 16.0. The van der Waals surface area contributed by atoms with E-state index in [9.17, 15) is 18.5 Å². The van der Waals surface area contributed by atoms with Crippen LogP contribution in [0.15, 0.2) is 47.5 Å². The van der Waals surface area contributed by atoms with E-state index in [1.807, 2.05) is 6.92 Å². The molecule has 0 saturated heterocycles. The van der Waals surface area contributed by atoms with Gasteiger partial charge in [0.15, 0.2) is 4.90 Å². The smallest absolute Gasteiger partial charge is 0.289 e. The molecule has 0 bridgehead atoms. The van der Waals surface area contributed by atoms with Crippen molar-refractivity contribution in [2.75, 3.05) is 10.8 Å². The Morgan fingerprint density at radius 2 is 1.91 bits per heavy atom. The fraction of sp³-hybridized carbons (Fsp3) is 0.286. The molecule has 0 spiro atoms. The van der Waals surface area contributed by atoms with E-state index in [4.69, 9.17) is 0 Å². The van der Waals surface area contributed by atoms with E-state index in [2.05, 4.69) is 0 Å². The molecule has 0 radical (unpaired) electrons. The Morgan fingerprint density at radius 1 is 1.23 bits per heavy atom. The van der Waals surface area contributed by atoms with Crippen LogP contribution in [0.3, 0.4) is 0 Å². The quantitative estimate of drug-likeness (QED) is 0.604. The van der Waals surface area contributed by atoms with Crippen LogP contribution in [0, 0.1) is 10.1 Å². The minimum absolute atomic E-state index is 0.242. The fourth-order valence-electron chi connectivity index (χ4n) is 2.22. The number of aromatic nitrogens is 1. The summed E-state index contributed by atoms with van der Waals surface area (Å²) in [5, 5.41) is 11.1. The molecule has 0 aliphatic heterocycles. The summed E-state index contributed by atoms with van der Waals surface area (Å²) in [6.07, 6.45) is 2.32. The van der Waals surface area contributed by atoms with Crippen LogP contribution in [0.4, 0.5) is 11.5 Å². The van der Waals surface area contributed by atoms with Gasteiger partial charge in [0, 0.05) is 25.9 Å². The summed E-state index contributed by atoms with van der Waals surface area (Å²) in [6, 6.07) is 8.79. The van der Waals surface area contributed by atoms with Crippen LogP contribution in [0.2, 0.25) is 0 Å². The molecule has 1 aromatic carbocycles. The van der Waals surface area contributed by atoms with Crippen molar-refractivity contribution in [3.8, 4) is 0 Å². The number of nitrogens with zero attached hydrogens (tertiary/aromatic N) is 3. The second-order valence-electron chi connectivity index (χ2n) is 4.78. The zero-order valence-electron chi connectivity index (χ0n) is 12.3. The predicted molar refractivity (Wildman–Crippen MR) is 83.3 cm³/mol. The van der Waals surface area contributed by atoms with E-state index in [0.717, 1.165) is 0 Å². The van der Waals surface area contributed by atoms with Crippen LogP contribution in [0.1, 0.15) is 13.3 Å². The maximum atomic E-state index is 12.9. The molecule has 0 aliphatic carbocycles. The minimum atomic E-state index is -4.01. The highest BCUT2D eigenvalue weighted by atomic mass is 32.2. The fourth-order valence-corrected chi connectivity index (χ4v) is 3.97. The van der Waals surface area contributed by atoms with Gasteiger partial charge in [-0.3, -0.25) is 14.4 Å². The normalized spacial score (nSPS) is 11.4. The van der Waals surface area contributed by atoms with Gasteiger partial charge in [0.25, 0.3) is 15.7 Å². The van der Waals surface area contributed by atoms with Gasteiger partial charge in [0.1, 0.15) is 5.82 Å². The second kappa shape index (κ2) is 6.18. The molecule has 0 saturated carbocycles. The molecule has 2 aromatic rings. The highest BCUT2D eigenvalue weighted by Crippen LogP contribution is 2.29. The van der Waals surface area contributed by atoms with Crippen molar-refractivity contribution in [2.24, 2.45) is 7.05 Å². The third-order valence-electron chi connectivity index (χ3n) is 3.23. The van der Waals surface area contributed by atoms with Crippen molar-refractivity contribution in [3.63, 3.8) is 0 Å². The first-order valence-electron chi connectivity index (χ1n) is 6.77. The molecule has 1 aromatic heterocycles. The maximum absolute atomic E-state index is 12.9. The summed E-state index contributed by atoms with van der Waals surface area (Å²) in [7, 11) is -2.28. The Hall–Kier alpha value is -2.35. The van der Waals surface area contributed by atoms with E-state index in [1.54, 1.807) is 29.9 Å². The zero-order chi connectivity index (χ0) is 16.3. The Kier molecular flexibility index (Phi) is 4.51. The summed E-state index contributed by atoms with van der Waals surface area (Å²) < 4.78 is 28.7. The number of para-hydroxylation sites is 1. The van der Waals surface area contributed by atoms with Crippen LogP contribution in [-0.2, 0) is 17.1 Å². The van der Waals surface area contributed by atoms with Crippen LogP contribution in [0.5, 0.6) is 0 Å². The van der Waals surface area contributed by atoms with Gasteiger partial charge in [-0.2, -0.15) is 0 Å². The average molecular weight is 323 g/mol. The van der Waals surface area contributed by atoms with Crippen molar-refractivity contribution >= 4 is 21.5 Å². The molecule has 0 aliphatic rings. The number of nitro benzene ring substituents is 1. The summed E-state index contributed by atoms with van der Waals surface area (Å²) in [4.78, 5) is 10.1. The largest absolute Gasteiger partial charge is 0.337 e. The molecule has 0 amide bonds. The zero-order valence-corrected chi connectivity index (χ0v) is 13.2. The van der Waals surface area contributed by atoms with Gasteiger partial charge in [0.05, 0.1) is 4.92 Å². The van der Waals surface area contributed by atoms with Gasteiger partial charge in [-0.15, -0.1) is 0 Å². The lowest BCUT2D eigenvalue weighted by Crippen LogP contribution is -2.33. The molecular weight excluding hydrogens is 306 g/mol. The monoisotopic (exact) mass is 323 g/mol. The standard InChI is InChI=1S/C14H17N3O4S/c1-3-10-16(14-9-6-11-15(14)2)22(20,21)13-8-5-4-7-12(13)17(18)19/h4-9,11H,3,10H2,1-2H3. The second-order valence-corrected chi connectivity index (χ2v) is 6.61. The SMILES string of the molecule is CCCN(c1cccn1C)S(=O)(=O)c1ccccc1[N+](=O)[O-]. The summed E-state index contributed by atoms with van der Waals surface area (Å²) >= 11 is 0. The predicted octanol–water partition coefficient (Wildman–Crippen LogP) is 2.54. The van der Waals surface area contributed by atoms with Gasteiger partial charge < -0.3 is 4.57 Å². The summed E-state index contributed by atoms with van der Waals surface area (Å²) in [5.74, 6) is 0.472. The number of hydrogen-bond donors (Lipinski definition) is 0. The Bertz CT molecular complexity index is 783. The molecule has 22 heavy (non-hydrogen) atoms. The number of aryl methyl sites for hydroxylation is 1. The maximum Gasteiger partial charge on any atom is 0.289 e.